The summed E-state index contributed by atoms with van der Waals surface area (Å²) in [5.74, 6) is 1.42. The number of aromatic nitrogens is 3. The molecule has 0 bridgehead atoms. The third kappa shape index (κ3) is 3.66. The average molecular weight is 271 g/mol. The van der Waals surface area contributed by atoms with Crippen LogP contribution >= 0.6 is 0 Å². The van der Waals surface area contributed by atoms with Crippen molar-refractivity contribution in [1.82, 2.24) is 15.2 Å². The van der Waals surface area contributed by atoms with Crippen molar-refractivity contribution in [1.29, 1.82) is 0 Å². The first-order valence-corrected chi connectivity index (χ1v) is 6.97. The van der Waals surface area contributed by atoms with Crippen LogP contribution in [0.3, 0.4) is 0 Å². The Morgan fingerprint density at radius 3 is 2.45 bits per heavy atom. The standard InChI is InChI=1S/C15H21N5/c1-4-20(5-2)14-11-17-19-15(18-14)16-10-13-8-6-12(3)7-9-13/h6-9,11H,4-5,10H2,1-3H3,(H,16,18,19). The Labute approximate surface area is 120 Å². The van der Waals surface area contributed by atoms with E-state index in [1.54, 1.807) is 6.20 Å². The van der Waals surface area contributed by atoms with Gasteiger partial charge in [0, 0.05) is 19.6 Å². The molecule has 2 aromatic rings. The van der Waals surface area contributed by atoms with Crippen LogP contribution in [0.1, 0.15) is 25.0 Å². The summed E-state index contributed by atoms with van der Waals surface area (Å²) in [4.78, 5) is 6.63. The maximum Gasteiger partial charge on any atom is 0.244 e. The zero-order valence-electron chi connectivity index (χ0n) is 12.3. The maximum absolute atomic E-state index is 4.49. The molecule has 106 valence electrons. The molecule has 0 fully saturated rings. The molecule has 5 heteroatoms. The topological polar surface area (TPSA) is 53.9 Å². The molecular weight excluding hydrogens is 250 g/mol. The van der Waals surface area contributed by atoms with E-state index in [-0.39, 0.29) is 0 Å². The Morgan fingerprint density at radius 2 is 1.80 bits per heavy atom. The lowest BCUT2D eigenvalue weighted by atomic mass is 10.1. The molecule has 20 heavy (non-hydrogen) atoms. The lowest BCUT2D eigenvalue weighted by Crippen LogP contribution is -2.23. The summed E-state index contributed by atoms with van der Waals surface area (Å²) in [6, 6.07) is 8.40. The van der Waals surface area contributed by atoms with Crippen molar-refractivity contribution >= 4 is 11.8 Å². The van der Waals surface area contributed by atoms with Gasteiger partial charge in [-0.2, -0.15) is 10.1 Å². The van der Waals surface area contributed by atoms with Crippen molar-refractivity contribution in [2.45, 2.75) is 27.3 Å². The van der Waals surface area contributed by atoms with Crippen LogP contribution < -0.4 is 10.2 Å². The van der Waals surface area contributed by atoms with Crippen molar-refractivity contribution in [3.63, 3.8) is 0 Å². The summed E-state index contributed by atoms with van der Waals surface area (Å²) in [7, 11) is 0. The summed E-state index contributed by atoms with van der Waals surface area (Å²) in [6.07, 6.45) is 1.70. The van der Waals surface area contributed by atoms with Crippen LogP contribution in [-0.2, 0) is 6.54 Å². The van der Waals surface area contributed by atoms with Crippen LogP contribution in [-0.4, -0.2) is 28.3 Å². The van der Waals surface area contributed by atoms with E-state index in [9.17, 15) is 0 Å². The fraction of sp³-hybridized carbons (Fsp3) is 0.400. The Kier molecular flexibility index (Phi) is 4.87. The van der Waals surface area contributed by atoms with Gasteiger partial charge in [-0.3, -0.25) is 0 Å². The van der Waals surface area contributed by atoms with E-state index in [4.69, 9.17) is 0 Å². The average Bonchev–Trinajstić information content (AvgIpc) is 2.48. The molecular formula is C15H21N5. The predicted octanol–water partition coefficient (Wildman–Crippen LogP) is 2.64. The zero-order chi connectivity index (χ0) is 14.4. The molecule has 0 saturated heterocycles. The number of aryl methyl sites for hydroxylation is 1. The lowest BCUT2D eigenvalue weighted by Gasteiger charge is -2.19. The van der Waals surface area contributed by atoms with Crippen molar-refractivity contribution < 1.29 is 0 Å². The van der Waals surface area contributed by atoms with Gasteiger partial charge < -0.3 is 10.2 Å². The van der Waals surface area contributed by atoms with Crippen LogP contribution in [0.2, 0.25) is 0 Å². The Bertz CT molecular complexity index is 534. The van der Waals surface area contributed by atoms with Gasteiger partial charge in [-0.1, -0.05) is 29.8 Å². The van der Waals surface area contributed by atoms with Crippen LogP contribution in [0, 0.1) is 6.92 Å². The van der Waals surface area contributed by atoms with Gasteiger partial charge in [-0.15, -0.1) is 5.10 Å². The van der Waals surface area contributed by atoms with Crippen molar-refractivity contribution in [2.75, 3.05) is 23.3 Å². The van der Waals surface area contributed by atoms with Gasteiger partial charge >= 0.3 is 0 Å². The van der Waals surface area contributed by atoms with Crippen LogP contribution in [0.5, 0.6) is 0 Å². The Hall–Kier alpha value is -2.17. The summed E-state index contributed by atoms with van der Waals surface area (Å²) in [6.45, 7) is 8.80. The minimum atomic E-state index is 0.565. The third-order valence-electron chi connectivity index (χ3n) is 3.20. The highest BCUT2D eigenvalue weighted by Crippen LogP contribution is 2.11. The molecule has 1 aromatic heterocycles. The monoisotopic (exact) mass is 271 g/mol. The minimum Gasteiger partial charge on any atom is -0.356 e. The number of rotatable bonds is 6. The van der Waals surface area contributed by atoms with Gasteiger partial charge in [0.15, 0.2) is 5.82 Å². The molecule has 0 spiro atoms. The second-order valence-electron chi connectivity index (χ2n) is 4.65. The first-order chi connectivity index (χ1) is 9.72. The van der Waals surface area contributed by atoms with Crippen LogP contribution in [0.4, 0.5) is 11.8 Å². The molecule has 5 nitrogen and oxygen atoms in total. The van der Waals surface area contributed by atoms with E-state index >= 15 is 0 Å². The third-order valence-corrected chi connectivity index (χ3v) is 3.20. The minimum absolute atomic E-state index is 0.565. The highest BCUT2D eigenvalue weighted by Gasteiger charge is 2.06. The second kappa shape index (κ2) is 6.84. The van der Waals surface area contributed by atoms with E-state index in [2.05, 4.69) is 70.4 Å². The van der Waals surface area contributed by atoms with E-state index < -0.39 is 0 Å². The predicted molar refractivity (Wildman–Crippen MR) is 81.9 cm³/mol. The number of hydrogen-bond donors (Lipinski definition) is 1. The normalized spacial score (nSPS) is 10.3. The fourth-order valence-corrected chi connectivity index (χ4v) is 1.96. The highest BCUT2D eigenvalue weighted by atomic mass is 15.3. The van der Waals surface area contributed by atoms with Gasteiger partial charge in [0.05, 0.1) is 6.20 Å². The van der Waals surface area contributed by atoms with Gasteiger partial charge in [0.2, 0.25) is 5.95 Å². The number of benzene rings is 1. The van der Waals surface area contributed by atoms with Crippen molar-refractivity contribution in [2.24, 2.45) is 0 Å². The smallest absolute Gasteiger partial charge is 0.244 e. The largest absolute Gasteiger partial charge is 0.356 e. The Morgan fingerprint density at radius 1 is 1.10 bits per heavy atom. The molecule has 0 atom stereocenters. The Balaban J connectivity index is 2.02. The molecule has 0 aliphatic carbocycles. The number of nitrogens with one attached hydrogen (secondary N) is 1. The quantitative estimate of drug-likeness (QED) is 0.875. The molecule has 0 amide bonds. The van der Waals surface area contributed by atoms with E-state index in [0.29, 0.717) is 12.5 Å². The molecule has 0 aliphatic heterocycles. The summed E-state index contributed by atoms with van der Waals surface area (Å²) in [5, 5.41) is 11.2. The molecule has 0 radical (unpaired) electrons. The molecule has 1 heterocycles. The van der Waals surface area contributed by atoms with E-state index in [1.807, 2.05) is 0 Å². The molecule has 0 aliphatic rings. The number of hydrogen-bond acceptors (Lipinski definition) is 5. The number of anilines is 2. The van der Waals surface area contributed by atoms with Crippen molar-refractivity contribution in [3.8, 4) is 0 Å². The maximum atomic E-state index is 4.49. The van der Waals surface area contributed by atoms with Gasteiger partial charge in [-0.25, -0.2) is 0 Å². The van der Waals surface area contributed by atoms with Crippen LogP contribution in [0.25, 0.3) is 0 Å². The van der Waals surface area contributed by atoms with Crippen molar-refractivity contribution in [3.05, 3.63) is 41.6 Å². The number of nitrogens with zero attached hydrogens (tertiary/aromatic N) is 4. The van der Waals surface area contributed by atoms with Gasteiger partial charge in [0.25, 0.3) is 0 Å². The summed E-state index contributed by atoms with van der Waals surface area (Å²) in [5.41, 5.74) is 2.46. The fourth-order valence-electron chi connectivity index (χ4n) is 1.96. The second-order valence-corrected chi connectivity index (χ2v) is 4.65. The first-order valence-electron chi connectivity index (χ1n) is 6.97. The molecule has 1 N–H and O–H groups in total. The molecule has 0 unspecified atom stereocenters. The van der Waals surface area contributed by atoms with E-state index in [0.717, 1.165) is 18.9 Å². The van der Waals surface area contributed by atoms with E-state index in [1.165, 1.54) is 11.1 Å². The highest BCUT2D eigenvalue weighted by molar-refractivity contribution is 5.40. The van der Waals surface area contributed by atoms with Gasteiger partial charge in [0.1, 0.15) is 0 Å². The van der Waals surface area contributed by atoms with Crippen LogP contribution in [0.15, 0.2) is 30.5 Å². The SMILES string of the molecule is CCN(CC)c1cnnc(NCc2ccc(C)cc2)n1. The first kappa shape index (κ1) is 14.2. The lowest BCUT2D eigenvalue weighted by molar-refractivity contribution is 0.822. The molecule has 2 rings (SSSR count). The zero-order valence-corrected chi connectivity index (χ0v) is 12.3. The molecule has 1 aromatic carbocycles. The summed E-state index contributed by atoms with van der Waals surface area (Å²) >= 11 is 0. The molecule has 0 saturated carbocycles. The van der Waals surface area contributed by atoms with Gasteiger partial charge in [-0.05, 0) is 26.3 Å². The summed E-state index contributed by atoms with van der Waals surface area (Å²) < 4.78 is 0.